The molecule has 0 saturated carbocycles. The lowest BCUT2D eigenvalue weighted by atomic mass is 10.1. The highest BCUT2D eigenvalue weighted by Gasteiger charge is 2.15. The second-order valence-corrected chi connectivity index (χ2v) is 3.26. The van der Waals surface area contributed by atoms with E-state index < -0.39 is 5.82 Å². The van der Waals surface area contributed by atoms with Crippen molar-refractivity contribution in [1.29, 1.82) is 5.26 Å². The van der Waals surface area contributed by atoms with Crippen LogP contribution in [-0.2, 0) is 6.42 Å². The Labute approximate surface area is 96.1 Å². The SMILES string of the molecule is N#Cc1c(F)cccc1-c1nc(CCO)no1. The number of nitriles is 1. The van der Waals surface area contributed by atoms with Gasteiger partial charge in [0.2, 0.25) is 0 Å². The van der Waals surface area contributed by atoms with E-state index in [1.807, 2.05) is 0 Å². The first-order chi connectivity index (χ1) is 8.26. The zero-order chi connectivity index (χ0) is 12.3. The average Bonchev–Trinajstić information content (AvgIpc) is 2.78. The summed E-state index contributed by atoms with van der Waals surface area (Å²) in [5, 5.41) is 21.2. The van der Waals surface area contributed by atoms with E-state index in [9.17, 15) is 4.39 Å². The molecule has 2 rings (SSSR count). The van der Waals surface area contributed by atoms with E-state index in [-0.39, 0.29) is 30.0 Å². The second-order valence-electron chi connectivity index (χ2n) is 3.26. The minimum atomic E-state index is -0.632. The summed E-state index contributed by atoms with van der Waals surface area (Å²) >= 11 is 0. The fourth-order valence-electron chi connectivity index (χ4n) is 1.38. The van der Waals surface area contributed by atoms with Crippen molar-refractivity contribution in [1.82, 2.24) is 10.1 Å². The van der Waals surface area contributed by atoms with Gasteiger partial charge in [0.05, 0.1) is 12.2 Å². The molecule has 5 nitrogen and oxygen atoms in total. The quantitative estimate of drug-likeness (QED) is 0.863. The summed E-state index contributed by atoms with van der Waals surface area (Å²) in [6.07, 6.45) is 0.251. The molecule has 0 atom stereocenters. The number of hydrogen-bond donors (Lipinski definition) is 1. The van der Waals surface area contributed by atoms with Gasteiger partial charge in [-0.2, -0.15) is 10.2 Å². The van der Waals surface area contributed by atoms with Gasteiger partial charge in [0, 0.05) is 6.42 Å². The predicted molar refractivity (Wildman–Crippen MR) is 55.2 cm³/mol. The van der Waals surface area contributed by atoms with Crippen molar-refractivity contribution < 1.29 is 14.0 Å². The molecule has 0 fully saturated rings. The third kappa shape index (κ3) is 2.14. The number of aromatic nitrogens is 2. The van der Waals surface area contributed by atoms with Crippen LogP contribution in [0.5, 0.6) is 0 Å². The minimum Gasteiger partial charge on any atom is -0.396 e. The Bertz CT molecular complexity index is 574. The van der Waals surface area contributed by atoms with E-state index >= 15 is 0 Å². The Morgan fingerprint density at radius 2 is 2.29 bits per heavy atom. The number of rotatable bonds is 3. The number of benzene rings is 1. The molecule has 1 aromatic carbocycles. The van der Waals surface area contributed by atoms with Gasteiger partial charge >= 0.3 is 0 Å². The summed E-state index contributed by atoms with van der Waals surface area (Å²) in [6.45, 7) is -0.104. The molecule has 17 heavy (non-hydrogen) atoms. The van der Waals surface area contributed by atoms with Crippen LogP contribution in [-0.4, -0.2) is 21.9 Å². The molecule has 0 spiro atoms. The lowest BCUT2D eigenvalue weighted by molar-refractivity contribution is 0.293. The third-order valence-electron chi connectivity index (χ3n) is 2.16. The van der Waals surface area contributed by atoms with Gasteiger partial charge in [0.25, 0.3) is 5.89 Å². The van der Waals surface area contributed by atoms with Crippen molar-refractivity contribution in [2.24, 2.45) is 0 Å². The molecule has 2 aromatic rings. The fourth-order valence-corrected chi connectivity index (χ4v) is 1.38. The van der Waals surface area contributed by atoms with E-state index in [4.69, 9.17) is 14.9 Å². The monoisotopic (exact) mass is 233 g/mol. The van der Waals surface area contributed by atoms with Gasteiger partial charge in [-0.15, -0.1) is 0 Å². The second kappa shape index (κ2) is 4.72. The zero-order valence-electron chi connectivity index (χ0n) is 8.72. The molecule has 0 saturated heterocycles. The molecule has 0 unspecified atom stereocenters. The fraction of sp³-hybridized carbons (Fsp3) is 0.182. The number of halogens is 1. The van der Waals surface area contributed by atoms with Crippen molar-refractivity contribution in [2.75, 3.05) is 6.61 Å². The van der Waals surface area contributed by atoms with Crippen LogP contribution in [0, 0.1) is 17.1 Å². The van der Waals surface area contributed by atoms with Gasteiger partial charge in [-0.1, -0.05) is 11.2 Å². The zero-order valence-corrected chi connectivity index (χ0v) is 8.72. The highest BCUT2D eigenvalue weighted by molar-refractivity contribution is 5.63. The molecule has 0 amide bonds. The summed E-state index contributed by atoms with van der Waals surface area (Å²) in [7, 11) is 0. The lowest BCUT2D eigenvalue weighted by Crippen LogP contribution is -1.93. The summed E-state index contributed by atoms with van der Waals surface area (Å²) in [4.78, 5) is 3.96. The van der Waals surface area contributed by atoms with Crippen molar-refractivity contribution in [2.45, 2.75) is 6.42 Å². The highest BCUT2D eigenvalue weighted by atomic mass is 19.1. The van der Waals surface area contributed by atoms with Crippen LogP contribution in [0.1, 0.15) is 11.4 Å². The molecular weight excluding hydrogens is 225 g/mol. The van der Waals surface area contributed by atoms with E-state index in [2.05, 4.69) is 10.1 Å². The molecule has 0 bridgehead atoms. The van der Waals surface area contributed by atoms with Crippen LogP contribution < -0.4 is 0 Å². The summed E-state index contributed by atoms with van der Waals surface area (Å²) in [5.41, 5.74) is 0.121. The van der Waals surface area contributed by atoms with E-state index in [1.165, 1.54) is 18.2 Å². The molecule has 1 N–H and O–H groups in total. The predicted octanol–water partition coefficient (Wildman–Crippen LogP) is 1.28. The average molecular weight is 233 g/mol. The smallest absolute Gasteiger partial charge is 0.259 e. The van der Waals surface area contributed by atoms with E-state index in [0.29, 0.717) is 5.82 Å². The van der Waals surface area contributed by atoms with Crippen LogP contribution in [0.3, 0.4) is 0 Å². The molecule has 1 aromatic heterocycles. The Morgan fingerprint density at radius 1 is 1.47 bits per heavy atom. The van der Waals surface area contributed by atoms with Crippen molar-refractivity contribution in [3.63, 3.8) is 0 Å². The molecule has 0 aliphatic heterocycles. The highest BCUT2D eigenvalue weighted by Crippen LogP contribution is 2.23. The maximum Gasteiger partial charge on any atom is 0.259 e. The Hall–Kier alpha value is -2.26. The third-order valence-corrected chi connectivity index (χ3v) is 2.16. The van der Waals surface area contributed by atoms with Crippen LogP contribution in [0.25, 0.3) is 11.5 Å². The number of hydrogen-bond acceptors (Lipinski definition) is 5. The van der Waals surface area contributed by atoms with Gasteiger partial charge in [-0.25, -0.2) is 4.39 Å². The first-order valence-electron chi connectivity index (χ1n) is 4.88. The van der Waals surface area contributed by atoms with E-state index in [0.717, 1.165) is 0 Å². The normalized spacial score (nSPS) is 10.2. The number of aliphatic hydroxyl groups excluding tert-OH is 1. The lowest BCUT2D eigenvalue weighted by Gasteiger charge is -1.98. The minimum absolute atomic E-state index is 0.0736. The summed E-state index contributed by atoms with van der Waals surface area (Å²) in [5.74, 6) is -0.243. The molecular formula is C11H8FN3O2. The first kappa shape index (κ1) is 11.2. The molecule has 1 heterocycles. The van der Waals surface area contributed by atoms with Crippen molar-refractivity contribution in [3.05, 3.63) is 35.4 Å². The van der Waals surface area contributed by atoms with Gasteiger partial charge in [-0.05, 0) is 12.1 Å². The Kier molecular flexibility index (Phi) is 3.12. The molecule has 0 aliphatic carbocycles. The molecule has 6 heteroatoms. The van der Waals surface area contributed by atoms with Gasteiger partial charge < -0.3 is 9.63 Å². The van der Waals surface area contributed by atoms with E-state index in [1.54, 1.807) is 6.07 Å². The summed E-state index contributed by atoms with van der Waals surface area (Å²) in [6, 6.07) is 5.92. The van der Waals surface area contributed by atoms with Crippen LogP contribution in [0.15, 0.2) is 22.7 Å². The first-order valence-corrected chi connectivity index (χ1v) is 4.88. The summed E-state index contributed by atoms with van der Waals surface area (Å²) < 4.78 is 18.2. The topological polar surface area (TPSA) is 82.9 Å². The molecule has 86 valence electrons. The Morgan fingerprint density at radius 3 is 3.00 bits per heavy atom. The molecule has 0 radical (unpaired) electrons. The van der Waals surface area contributed by atoms with Crippen LogP contribution in [0.2, 0.25) is 0 Å². The van der Waals surface area contributed by atoms with Crippen LogP contribution in [0.4, 0.5) is 4.39 Å². The van der Waals surface area contributed by atoms with Gasteiger partial charge in [-0.3, -0.25) is 0 Å². The largest absolute Gasteiger partial charge is 0.396 e. The Balaban J connectivity index is 2.46. The van der Waals surface area contributed by atoms with Gasteiger partial charge in [0.15, 0.2) is 5.82 Å². The van der Waals surface area contributed by atoms with Crippen LogP contribution >= 0.6 is 0 Å². The molecule has 0 aliphatic rings. The maximum atomic E-state index is 13.3. The number of aliphatic hydroxyl groups is 1. The number of nitrogens with zero attached hydrogens (tertiary/aromatic N) is 3. The van der Waals surface area contributed by atoms with Crippen molar-refractivity contribution in [3.8, 4) is 17.5 Å². The van der Waals surface area contributed by atoms with Gasteiger partial charge in [0.1, 0.15) is 17.4 Å². The standard InChI is InChI=1S/C11H8FN3O2/c12-9-3-1-2-7(8(9)6-13)11-14-10(4-5-16)15-17-11/h1-3,16H,4-5H2. The maximum absolute atomic E-state index is 13.3. The van der Waals surface area contributed by atoms with Crippen molar-refractivity contribution >= 4 is 0 Å².